The zero-order chi connectivity index (χ0) is 19.3. The molecule has 0 spiro atoms. The third-order valence-electron chi connectivity index (χ3n) is 3.54. The van der Waals surface area contributed by atoms with E-state index in [1.165, 1.54) is 12.1 Å². The minimum absolute atomic E-state index is 0.197. The number of benzene rings is 2. The van der Waals surface area contributed by atoms with E-state index in [9.17, 15) is 9.59 Å². The average molecular weight is 396 g/mol. The number of carbonyl (C=O) groups is 2. The van der Waals surface area contributed by atoms with Crippen LogP contribution in [0, 0.1) is 6.92 Å². The summed E-state index contributed by atoms with van der Waals surface area (Å²) in [5.41, 5.74) is 1.56. The fourth-order valence-electron chi connectivity index (χ4n) is 2.16. The number of anilines is 1. The van der Waals surface area contributed by atoms with Crippen LogP contribution in [0.1, 0.15) is 29.8 Å². The van der Waals surface area contributed by atoms with Gasteiger partial charge in [-0.15, -0.1) is 0 Å². The molecule has 0 aliphatic rings. The molecule has 1 amide bonds. The molecule has 0 saturated heterocycles. The zero-order valence-corrected chi connectivity index (χ0v) is 16.1. The van der Waals surface area contributed by atoms with Gasteiger partial charge in [0.15, 0.2) is 6.10 Å². The molecule has 1 atom stereocenters. The third kappa shape index (κ3) is 5.13. The van der Waals surface area contributed by atoms with E-state index in [-0.39, 0.29) is 23.1 Å². The van der Waals surface area contributed by atoms with Crippen LogP contribution < -0.4 is 10.1 Å². The van der Waals surface area contributed by atoms with Crippen LogP contribution in [-0.4, -0.2) is 24.6 Å². The molecule has 138 valence electrons. The molecule has 0 fully saturated rings. The molecule has 7 heteroatoms. The molecule has 2 aromatic rings. The molecule has 2 rings (SSSR count). The van der Waals surface area contributed by atoms with E-state index in [0.29, 0.717) is 16.5 Å². The van der Waals surface area contributed by atoms with Crippen molar-refractivity contribution in [1.82, 2.24) is 0 Å². The highest BCUT2D eigenvalue weighted by molar-refractivity contribution is 6.34. The molecular weight excluding hydrogens is 377 g/mol. The van der Waals surface area contributed by atoms with Gasteiger partial charge in [0, 0.05) is 10.7 Å². The van der Waals surface area contributed by atoms with Gasteiger partial charge in [0.1, 0.15) is 5.75 Å². The Kier molecular flexibility index (Phi) is 6.89. The summed E-state index contributed by atoms with van der Waals surface area (Å²) in [5, 5.41) is 3.53. The van der Waals surface area contributed by atoms with Crippen molar-refractivity contribution in [2.75, 3.05) is 11.9 Å². The highest BCUT2D eigenvalue weighted by Crippen LogP contribution is 2.24. The molecule has 2 aromatic carbocycles. The molecule has 0 heterocycles. The summed E-state index contributed by atoms with van der Waals surface area (Å²) in [4.78, 5) is 24.0. The van der Waals surface area contributed by atoms with Crippen LogP contribution >= 0.6 is 23.2 Å². The van der Waals surface area contributed by atoms with Crippen LogP contribution in [0.15, 0.2) is 36.4 Å². The van der Waals surface area contributed by atoms with Crippen LogP contribution in [0.5, 0.6) is 5.75 Å². The van der Waals surface area contributed by atoms with Gasteiger partial charge in [-0.05, 0) is 62.7 Å². The summed E-state index contributed by atoms with van der Waals surface area (Å²) in [6, 6.07) is 9.75. The Morgan fingerprint density at radius 3 is 2.46 bits per heavy atom. The first kappa shape index (κ1) is 20.1. The van der Waals surface area contributed by atoms with Crippen LogP contribution in [0.2, 0.25) is 10.0 Å². The summed E-state index contributed by atoms with van der Waals surface area (Å²) in [7, 11) is 0. The fraction of sp³-hybridized carbons (Fsp3) is 0.263. The Morgan fingerprint density at radius 1 is 1.12 bits per heavy atom. The highest BCUT2D eigenvalue weighted by Gasteiger charge is 2.17. The Hall–Kier alpha value is -2.24. The van der Waals surface area contributed by atoms with E-state index in [0.717, 1.165) is 5.56 Å². The standard InChI is InChI=1S/C19H19Cl2NO4/c1-4-25-19(24)15-7-5-13(10-17(15)21)22-18(23)12(3)26-14-6-8-16(20)11(2)9-14/h5-10,12H,4H2,1-3H3,(H,22,23). The molecule has 26 heavy (non-hydrogen) atoms. The van der Waals surface area contributed by atoms with Crippen LogP contribution in [0.4, 0.5) is 5.69 Å². The number of ether oxygens (including phenoxy) is 2. The van der Waals surface area contributed by atoms with E-state index >= 15 is 0 Å². The molecular formula is C19H19Cl2NO4. The summed E-state index contributed by atoms with van der Waals surface area (Å²) < 4.78 is 10.5. The van der Waals surface area contributed by atoms with E-state index < -0.39 is 12.1 Å². The smallest absolute Gasteiger partial charge is 0.339 e. The van der Waals surface area contributed by atoms with Crippen molar-refractivity contribution in [2.24, 2.45) is 0 Å². The maximum absolute atomic E-state index is 12.3. The average Bonchev–Trinajstić information content (AvgIpc) is 2.58. The van der Waals surface area contributed by atoms with Crippen molar-refractivity contribution in [3.05, 3.63) is 57.6 Å². The normalized spacial score (nSPS) is 11.6. The summed E-state index contributed by atoms with van der Waals surface area (Å²) in [6.45, 7) is 5.46. The Balaban J connectivity index is 2.03. The van der Waals surface area contributed by atoms with Crippen LogP contribution in [0.25, 0.3) is 0 Å². The predicted octanol–water partition coefficient (Wildman–Crippen LogP) is 4.88. The number of nitrogens with one attached hydrogen (secondary N) is 1. The van der Waals surface area contributed by atoms with Crippen molar-refractivity contribution >= 4 is 40.8 Å². The van der Waals surface area contributed by atoms with E-state index in [1.54, 1.807) is 38.1 Å². The van der Waals surface area contributed by atoms with Crippen molar-refractivity contribution < 1.29 is 19.1 Å². The minimum Gasteiger partial charge on any atom is -0.481 e. The van der Waals surface area contributed by atoms with Gasteiger partial charge in [-0.1, -0.05) is 23.2 Å². The van der Waals surface area contributed by atoms with Gasteiger partial charge in [0.05, 0.1) is 17.2 Å². The SMILES string of the molecule is CCOC(=O)c1ccc(NC(=O)C(C)Oc2ccc(Cl)c(C)c2)cc1Cl. The summed E-state index contributed by atoms with van der Waals surface area (Å²) >= 11 is 12.1. The lowest BCUT2D eigenvalue weighted by Crippen LogP contribution is -2.30. The van der Waals surface area contributed by atoms with Crippen molar-refractivity contribution in [3.8, 4) is 5.75 Å². The molecule has 0 aromatic heterocycles. The van der Waals surface area contributed by atoms with Gasteiger partial charge in [-0.3, -0.25) is 4.79 Å². The monoisotopic (exact) mass is 395 g/mol. The van der Waals surface area contributed by atoms with Crippen LogP contribution in [-0.2, 0) is 9.53 Å². The first-order valence-corrected chi connectivity index (χ1v) is 8.77. The lowest BCUT2D eigenvalue weighted by atomic mass is 10.2. The molecule has 0 saturated carbocycles. The number of carbonyl (C=O) groups excluding carboxylic acids is 2. The molecule has 0 aliphatic carbocycles. The van der Waals surface area contributed by atoms with Crippen molar-refractivity contribution in [3.63, 3.8) is 0 Å². The number of hydrogen-bond donors (Lipinski definition) is 1. The van der Waals surface area contributed by atoms with E-state index in [1.807, 2.05) is 6.92 Å². The number of aryl methyl sites for hydroxylation is 1. The second-order valence-corrected chi connectivity index (χ2v) is 6.39. The van der Waals surface area contributed by atoms with Gasteiger partial charge >= 0.3 is 5.97 Å². The number of amides is 1. The number of esters is 1. The molecule has 0 aliphatic heterocycles. The predicted molar refractivity (Wildman–Crippen MR) is 102 cm³/mol. The van der Waals surface area contributed by atoms with Crippen LogP contribution in [0.3, 0.4) is 0 Å². The largest absolute Gasteiger partial charge is 0.481 e. The van der Waals surface area contributed by atoms with Gasteiger partial charge in [0.2, 0.25) is 0 Å². The third-order valence-corrected chi connectivity index (χ3v) is 4.28. The number of rotatable bonds is 6. The quantitative estimate of drug-likeness (QED) is 0.707. The highest BCUT2D eigenvalue weighted by atomic mass is 35.5. The van der Waals surface area contributed by atoms with Gasteiger partial charge in [-0.2, -0.15) is 0 Å². The zero-order valence-electron chi connectivity index (χ0n) is 14.6. The van der Waals surface area contributed by atoms with Gasteiger partial charge in [-0.25, -0.2) is 4.79 Å². The maximum Gasteiger partial charge on any atom is 0.339 e. The number of halogens is 2. The summed E-state index contributed by atoms with van der Waals surface area (Å²) in [5.74, 6) is -0.312. The second-order valence-electron chi connectivity index (χ2n) is 5.58. The Bertz CT molecular complexity index is 823. The lowest BCUT2D eigenvalue weighted by Gasteiger charge is -2.16. The first-order chi connectivity index (χ1) is 12.3. The summed E-state index contributed by atoms with van der Waals surface area (Å²) in [6.07, 6.45) is -0.737. The van der Waals surface area contributed by atoms with E-state index in [4.69, 9.17) is 32.7 Å². The first-order valence-electron chi connectivity index (χ1n) is 8.02. The Morgan fingerprint density at radius 2 is 1.85 bits per heavy atom. The second kappa shape index (κ2) is 8.92. The topological polar surface area (TPSA) is 64.6 Å². The fourth-order valence-corrected chi connectivity index (χ4v) is 2.53. The number of hydrogen-bond acceptors (Lipinski definition) is 4. The van der Waals surface area contributed by atoms with Gasteiger partial charge < -0.3 is 14.8 Å². The van der Waals surface area contributed by atoms with Crippen molar-refractivity contribution in [2.45, 2.75) is 26.9 Å². The molecule has 0 bridgehead atoms. The van der Waals surface area contributed by atoms with E-state index in [2.05, 4.69) is 5.32 Å². The van der Waals surface area contributed by atoms with Crippen molar-refractivity contribution in [1.29, 1.82) is 0 Å². The Labute approximate surface area is 162 Å². The molecule has 0 radical (unpaired) electrons. The molecule has 5 nitrogen and oxygen atoms in total. The van der Waals surface area contributed by atoms with Gasteiger partial charge in [0.25, 0.3) is 5.91 Å². The molecule has 1 N–H and O–H groups in total. The minimum atomic E-state index is -0.737. The maximum atomic E-state index is 12.3. The molecule has 1 unspecified atom stereocenters. The lowest BCUT2D eigenvalue weighted by molar-refractivity contribution is -0.122.